The van der Waals surface area contributed by atoms with Crippen molar-refractivity contribution in [2.75, 3.05) is 13.1 Å². The lowest BCUT2D eigenvalue weighted by molar-refractivity contribution is 0.600. The molecule has 6 heteroatoms. The maximum absolute atomic E-state index is 5.08. The van der Waals surface area contributed by atoms with E-state index in [1.165, 1.54) is 0 Å². The highest BCUT2D eigenvalue weighted by Gasteiger charge is 1.96. The minimum Gasteiger partial charge on any atom is -0.363 e. The fraction of sp³-hybridized carbons (Fsp3) is 0.556. The van der Waals surface area contributed by atoms with Gasteiger partial charge in [-0.05, 0) is 34.6 Å². The molecule has 0 unspecified atom stereocenters. The van der Waals surface area contributed by atoms with Crippen molar-refractivity contribution in [3.8, 4) is 0 Å². The van der Waals surface area contributed by atoms with E-state index in [4.69, 9.17) is 12.2 Å². The minimum absolute atomic E-state index is 0.711. The molecule has 0 saturated carbocycles. The first-order valence-electron chi connectivity index (χ1n) is 4.92. The Kier molecular flexibility index (Phi) is 5.63. The molecule has 1 aromatic rings. The maximum atomic E-state index is 5.08. The average Bonchev–Trinajstić information content (AvgIpc) is 2.61. The molecule has 0 spiro atoms. The van der Waals surface area contributed by atoms with Gasteiger partial charge in [0, 0.05) is 19.3 Å². The summed E-state index contributed by atoms with van der Waals surface area (Å²) < 4.78 is 2.86. The summed E-state index contributed by atoms with van der Waals surface area (Å²) in [7, 11) is 0. The zero-order valence-electron chi connectivity index (χ0n) is 8.66. The Labute approximate surface area is 104 Å². The number of nitrogens with one attached hydrogen (secondary N) is 2. The van der Waals surface area contributed by atoms with E-state index < -0.39 is 0 Å². The summed E-state index contributed by atoms with van der Waals surface area (Å²) in [5.41, 5.74) is 0. The van der Waals surface area contributed by atoms with Gasteiger partial charge in [0.1, 0.15) is 0 Å². The normalized spacial score (nSPS) is 10.0. The van der Waals surface area contributed by atoms with Gasteiger partial charge in [-0.2, -0.15) is 5.10 Å². The van der Waals surface area contributed by atoms with Crippen LogP contribution in [0.4, 0.5) is 0 Å². The first-order valence-corrected chi connectivity index (χ1v) is 6.12. The molecule has 0 atom stereocenters. The lowest BCUT2D eigenvalue weighted by Gasteiger charge is -2.09. The number of rotatable bonds is 5. The molecule has 0 fully saturated rings. The summed E-state index contributed by atoms with van der Waals surface area (Å²) in [6.07, 6.45) is 4.78. The summed E-state index contributed by atoms with van der Waals surface area (Å²) in [6, 6.07) is 0. The van der Waals surface area contributed by atoms with Crippen LogP contribution in [0.1, 0.15) is 13.3 Å². The first kappa shape index (κ1) is 12.4. The van der Waals surface area contributed by atoms with Gasteiger partial charge < -0.3 is 10.6 Å². The van der Waals surface area contributed by atoms with Crippen LogP contribution < -0.4 is 10.6 Å². The second-order valence-corrected chi connectivity index (χ2v) is 4.43. The molecule has 84 valence electrons. The fourth-order valence-electron chi connectivity index (χ4n) is 1.05. The van der Waals surface area contributed by atoms with Crippen molar-refractivity contribution in [1.82, 2.24) is 20.4 Å². The summed E-state index contributed by atoms with van der Waals surface area (Å²) in [4.78, 5) is 0. The molecule has 0 aliphatic carbocycles. The highest BCUT2D eigenvalue weighted by Crippen LogP contribution is 2.05. The zero-order valence-corrected chi connectivity index (χ0v) is 11.1. The smallest absolute Gasteiger partial charge is 0.166 e. The topological polar surface area (TPSA) is 41.9 Å². The summed E-state index contributed by atoms with van der Waals surface area (Å²) in [5.74, 6) is 0. The van der Waals surface area contributed by atoms with Gasteiger partial charge in [-0.15, -0.1) is 0 Å². The van der Waals surface area contributed by atoms with E-state index in [1.807, 2.05) is 10.9 Å². The molecule has 0 amide bonds. The van der Waals surface area contributed by atoms with Crippen molar-refractivity contribution in [2.45, 2.75) is 19.9 Å². The fourth-order valence-corrected chi connectivity index (χ4v) is 1.58. The predicted molar refractivity (Wildman–Crippen MR) is 68.8 cm³/mol. The number of hydrogen-bond acceptors (Lipinski definition) is 2. The predicted octanol–water partition coefficient (Wildman–Crippen LogP) is 1.52. The van der Waals surface area contributed by atoms with E-state index in [1.54, 1.807) is 6.20 Å². The lowest BCUT2D eigenvalue weighted by atomic mass is 10.5. The molecule has 0 bridgehead atoms. The molecule has 0 aliphatic heterocycles. The van der Waals surface area contributed by atoms with Crippen molar-refractivity contribution in [3.05, 3.63) is 16.9 Å². The van der Waals surface area contributed by atoms with Gasteiger partial charge in [-0.25, -0.2) is 0 Å². The lowest BCUT2D eigenvalue weighted by Crippen LogP contribution is -2.37. The van der Waals surface area contributed by atoms with Crippen LogP contribution in [0.2, 0.25) is 0 Å². The highest BCUT2D eigenvalue weighted by atomic mass is 79.9. The monoisotopic (exact) mass is 290 g/mol. The van der Waals surface area contributed by atoms with Crippen LogP contribution in [0.15, 0.2) is 16.9 Å². The third-order valence-corrected chi connectivity index (χ3v) is 2.46. The molecule has 1 aromatic heterocycles. The third kappa shape index (κ3) is 5.13. The highest BCUT2D eigenvalue weighted by molar-refractivity contribution is 9.10. The van der Waals surface area contributed by atoms with E-state index in [0.717, 1.165) is 30.5 Å². The Morgan fingerprint density at radius 1 is 1.53 bits per heavy atom. The quantitative estimate of drug-likeness (QED) is 0.807. The van der Waals surface area contributed by atoms with Crippen LogP contribution in [0.25, 0.3) is 0 Å². The van der Waals surface area contributed by atoms with Gasteiger partial charge in [-0.1, -0.05) is 6.92 Å². The van der Waals surface area contributed by atoms with Crippen molar-refractivity contribution < 1.29 is 0 Å². The Balaban J connectivity index is 2.13. The first-order chi connectivity index (χ1) is 7.22. The van der Waals surface area contributed by atoms with Crippen molar-refractivity contribution >= 4 is 33.3 Å². The molecule has 0 saturated heterocycles. The van der Waals surface area contributed by atoms with Gasteiger partial charge in [0.05, 0.1) is 17.2 Å². The van der Waals surface area contributed by atoms with Crippen LogP contribution >= 0.6 is 28.1 Å². The van der Waals surface area contributed by atoms with E-state index >= 15 is 0 Å². The van der Waals surface area contributed by atoms with Crippen molar-refractivity contribution in [3.63, 3.8) is 0 Å². The van der Waals surface area contributed by atoms with Gasteiger partial charge >= 0.3 is 0 Å². The van der Waals surface area contributed by atoms with Crippen LogP contribution in [-0.4, -0.2) is 28.0 Å². The van der Waals surface area contributed by atoms with Crippen LogP contribution in [-0.2, 0) is 6.54 Å². The number of thiocarbonyl (C=S) groups is 1. The minimum atomic E-state index is 0.711. The molecule has 1 rings (SSSR count). The number of halogens is 1. The molecule has 0 aliphatic rings. The zero-order chi connectivity index (χ0) is 11.1. The summed E-state index contributed by atoms with van der Waals surface area (Å²) >= 11 is 8.42. The van der Waals surface area contributed by atoms with E-state index in [9.17, 15) is 0 Å². The molecule has 4 nitrogen and oxygen atoms in total. The molecule has 15 heavy (non-hydrogen) atoms. The second kappa shape index (κ2) is 6.79. The van der Waals surface area contributed by atoms with E-state index in [-0.39, 0.29) is 0 Å². The third-order valence-electron chi connectivity index (χ3n) is 1.76. The number of hydrogen-bond donors (Lipinski definition) is 2. The summed E-state index contributed by atoms with van der Waals surface area (Å²) in [5, 5.41) is 11.1. The molecule has 1 heterocycles. The summed E-state index contributed by atoms with van der Waals surface area (Å²) in [6.45, 7) is 4.61. The largest absolute Gasteiger partial charge is 0.363 e. The van der Waals surface area contributed by atoms with Gasteiger partial charge in [-0.3, -0.25) is 4.68 Å². The second-order valence-electron chi connectivity index (χ2n) is 3.10. The average molecular weight is 291 g/mol. The Hall–Kier alpha value is -0.620. The molecule has 0 radical (unpaired) electrons. The van der Waals surface area contributed by atoms with Gasteiger partial charge in [0.25, 0.3) is 0 Å². The Morgan fingerprint density at radius 3 is 2.87 bits per heavy atom. The maximum Gasteiger partial charge on any atom is 0.166 e. The van der Waals surface area contributed by atoms with Crippen LogP contribution in [0.5, 0.6) is 0 Å². The number of aromatic nitrogens is 2. The SMILES string of the molecule is CCCNC(=S)NCCn1cc(Br)cn1. The Morgan fingerprint density at radius 2 is 2.27 bits per heavy atom. The van der Waals surface area contributed by atoms with Crippen LogP contribution in [0.3, 0.4) is 0 Å². The van der Waals surface area contributed by atoms with Crippen molar-refractivity contribution in [1.29, 1.82) is 0 Å². The molecule has 0 aromatic carbocycles. The van der Waals surface area contributed by atoms with Crippen LogP contribution in [0, 0.1) is 0 Å². The van der Waals surface area contributed by atoms with E-state index in [0.29, 0.717) is 5.11 Å². The molecular formula is C9H15BrN4S. The van der Waals surface area contributed by atoms with Gasteiger partial charge in [0.15, 0.2) is 5.11 Å². The van der Waals surface area contributed by atoms with E-state index in [2.05, 4.69) is 38.6 Å². The molecular weight excluding hydrogens is 276 g/mol. The standard InChI is InChI=1S/C9H15BrN4S/c1-2-3-11-9(15)12-4-5-14-7-8(10)6-13-14/h6-7H,2-5H2,1H3,(H2,11,12,15). The van der Waals surface area contributed by atoms with Gasteiger partial charge in [0.2, 0.25) is 0 Å². The molecule has 2 N–H and O–H groups in total. The number of nitrogens with zero attached hydrogens (tertiary/aromatic N) is 2. The Bertz CT molecular complexity index is 313. The van der Waals surface area contributed by atoms with Crippen molar-refractivity contribution in [2.24, 2.45) is 0 Å².